The molecule has 3 aromatic carbocycles. The van der Waals surface area contributed by atoms with Crippen LogP contribution in [-0.4, -0.2) is 34.7 Å². The molecule has 1 N–H and O–H groups in total. The summed E-state index contributed by atoms with van der Waals surface area (Å²) in [5, 5.41) is 9.47. The second kappa shape index (κ2) is 12.1. The fourth-order valence-corrected chi connectivity index (χ4v) is 4.04. The number of hydrogen-bond donors (Lipinski definition) is 1. The third kappa shape index (κ3) is 6.92. The number of benzene rings is 3. The van der Waals surface area contributed by atoms with E-state index < -0.39 is 18.0 Å². The molecule has 0 saturated heterocycles. The molecule has 0 aliphatic rings. The van der Waals surface area contributed by atoms with E-state index in [-0.39, 0.29) is 12.8 Å². The zero-order chi connectivity index (χ0) is 26.2. The minimum Gasteiger partial charge on any atom is -0.479 e. The molecule has 0 aliphatic heterocycles. The number of nitrogens with zero attached hydrogens (tertiary/aromatic N) is 1. The van der Waals surface area contributed by atoms with Crippen LogP contribution in [0.25, 0.3) is 11.5 Å². The molecule has 0 amide bonds. The molecule has 1 heterocycles. The van der Waals surface area contributed by atoms with Crippen LogP contribution >= 0.6 is 0 Å². The Bertz CT molecular complexity index is 1350. The molecule has 0 radical (unpaired) electrons. The number of rotatable bonds is 11. The van der Waals surface area contributed by atoms with Gasteiger partial charge in [-0.05, 0) is 48.7 Å². The Morgan fingerprint density at radius 3 is 2.35 bits per heavy atom. The number of hydrogen-bond acceptors (Lipinski definition) is 6. The first kappa shape index (κ1) is 25.9. The second-order valence-corrected chi connectivity index (χ2v) is 8.63. The lowest BCUT2D eigenvalue weighted by Crippen LogP contribution is -2.26. The second-order valence-electron chi connectivity index (χ2n) is 8.63. The lowest BCUT2D eigenvalue weighted by atomic mass is 9.99. The summed E-state index contributed by atoms with van der Waals surface area (Å²) in [6, 6.07) is 24.6. The molecule has 0 fully saturated rings. The van der Waals surface area contributed by atoms with Gasteiger partial charge >= 0.3 is 11.9 Å². The van der Waals surface area contributed by atoms with E-state index in [2.05, 4.69) is 4.98 Å². The minimum atomic E-state index is -1.01. The van der Waals surface area contributed by atoms with Gasteiger partial charge in [-0.1, -0.05) is 60.7 Å². The maximum atomic E-state index is 12.9. The average molecular weight is 500 g/mol. The Balaban J connectivity index is 1.54. The van der Waals surface area contributed by atoms with E-state index in [1.165, 1.54) is 0 Å². The van der Waals surface area contributed by atoms with Crippen molar-refractivity contribution in [1.29, 1.82) is 0 Å². The molecular formula is C30H29NO6. The Labute approximate surface area is 215 Å². The predicted molar refractivity (Wildman–Crippen MR) is 138 cm³/mol. The number of aromatic nitrogens is 1. The molecule has 4 aromatic rings. The number of oxazole rings is 1. The summed E-state index contributed by atoms with van der Waals surface area (Å²) in [5.41, 5.74) is 3.95. The Kier molecular flexibility index (Phi) is 8.48. The van der Waals surface area contributed by atoms with Crippen molar-refractivity contribution in [3.05, 3.63) is 107 Å². The fourth-order valence-electron chi connectivity index (χ4n) is 4.04. The number of carbonyl (C=O) groups excluding carboxylic acids is 1. The third-order valence-electron chi connectivity index (χ3n) is 5.88. The molecule has 0 bridgehead atoms. The highest BCUT2D eigenvalue weighted by Gasteiger charge is 2.21. The third-order valence-corrected chi connectivity index (χ3v) is 5.88. The first-order valence-electron chi connectivity index (χ1n) is 12.2. The van der Waals surface area contributed by atoms with Crippen molar-refractivity contribution >= 4 is 11.9 Å². The van der Waals surface area contributed by atoms with Crippen molar-refractivity contribution in [3.63, 3.8) is 0 Å². The van der Waals surface area contributed by atoms with Crippen molar-refractivity contribution in [3.8, 4) is 17.2 Å². The van der Waals surface area contributed by atoms with Crippen LogP contribution in [0.5, 0.6) is 5.75 Å². The van der Waals surface area contributed by atoms with Gasteiger partial charge in [-0.15, -0.1) is 0 Å². The van der Waals surface area contributed by atoms with Crippen LogP contribution in [0.2, 0.25) is 0 Å². The Morgan fingerprint density at radius 1 is 0.973 bits per heavy atom. The molecule has 0 saturated carbocycles. The minimum absolute atomic E-state index is 0.0415. The van der Waals surface area contributed by atoms with E-state index in [9.17, 15) is 14.7 Å². The summed E-state index contributed by atoms with van der Waals surface area (Å²) < 4.78 is 16.9. The predicted octanol–water partition coefficient (Wildman–Crippen LogP) is 5.42. The lowest BCUT2D eigenvalue weighted by Gasteiger charge is -2.15. The summed E-state index contributed by atoms with van der Waals surface area (Å²) in [4.78, 5) is 29.0. The fraction of sp³-hybridized carbons (Fsp3) is 0.233. The van der Waals surface area contributed by atoms with E-state index in [0.717, 1.165) is 22.3 Å². The van der Waals surface area contributed by atoms with Crippen molar-refractivity contribution in [2.75, 3.05) is 6.61 Å². The molecule has 7 heteroatoms. The van der Waals surface area contributed by atoms with Crippen molar-refractivity contribution in [2.24, 2.45) is 0 Å². The number of esters is 1. The highest BCUT2D eigenvalue weighted by molar-refractivity contribution is 5.76. The maximum Gasteiger partial charge on any atom is 0.333 e. The Morgan fingerprint density at radius 2 is 1.68 bits per heavy atom. The van der Waals surface area contributed by atoms with Gasteiger partial charge in [-0.25, -0.2) is 9.78 Å². The summed E-state index contributed by atoms with van der Waals surface area (Å²) in [6.45, 7) is 3.84. The topological polar surface area (TPSA) is 98.9 Å². The SMILES string of the molecule is CCOC(Cc1ccc(OC(=O)Cc2nc(-c3ccccc3)oc2C)c(Cc2ccccc2)c1)C(=O)O. The van der Waals surface area contributed by atoms with Gasteiger partial charge in [-0.2, -0.15) is 0 Å². The molecular weight excluding hydrogens is 470 g/mol. The van der Waals surface area contributed by atoms with Gasteiger partial charge in [0.15, 0.2) is 6.10 Å². The molecule has 0 spiro atoms. The number of carboxylic acid groups (broad SMARTS) is 1. The van der Waals surface area contributed by atoms with Crippen LogP contribution in [0.1, 0.15) is 35.1 Å². The normalized spacial score (nSPS) is 11.7. The van der Waals surface area contributed by atoms with Gasteiger partial charge < -0.3 is 19.0 Å². The van der Waals surface area contributed by atoms with Crippen LogP contribution in [0.4, 0.5) is 0 Å². The van der Waals surface area contributed by atoms with Crippen LogP contribution in [0.3, 0.4) is 0 Å². The highest BCUT2D eigenvalue weighted by Crippen LogP contribution is 2.26. The van der Waals surface area contributed by atoms with Gasteiger partial charge in [0.25, 0.3) is 0 Å². The summed E-state index contributed by atoms with van der Waals surface area (Å²) in [7, 11) is 0. The lowest BCUT2D eigenvalue weighted by molar-refractivity contribution is -0.150. The molecule has 190 valence electrons. The smallest absolute Gasteiger partial charge is 0.333 e. The molecule has 7 nitrogen and oxygen atoms in total. The molecule has 4 rings (SSSR count). The van der Waals surface area contributed by atoms with Crippen molar-refractivity contribution in [2.45, 2.75) is 39.2 Å². The monoisotopic (exact) mass is 499 g/mol. The van der Waals surface area contributed by atoms with Gasteiger partial charge in [-0.3, -0.25) is 4.79 Å². The van der Waals surface area contributed by atoms with E-state index in [1.54, 1.807) is 26.0 Å². The van der Waals surface area contributed by atoms with Crippen molar-refractivity contribution < 1.29 is 28.6 Å². The van der Waals surface area contributed by atoms with Gasteiger partial charge in [0, 0.05) is 25.0 Å². The maximum absolute atomic E-state index is 12.9. The van der Waals surface area contributed by atoms with E-state index >= 15 is 0 Å². The first-order chi connectivity index (χ1) is 17.9. The summed E-state index contributed by atoms with van der Waals surface area (Å²) >= 11 is 0. The van der Waals surface area contributed by atoms with Crippen LogP contribution < -0.4 is 4.74 Å². The number of aliphatic carboxylic acids is 1. The molecule has 1 unspecified atom stereocenters. The van der Waals surface area contributed by atoms with Gasteiger partial charge in [0.1, 0.15) is 11.5 Å². The number of carbonyl (C=O) groups is 2. The average Bonchev–Trinajstić information content (AvgIpc) is 3.26. The number of ether oxygens (including phenoxy) is 2. The Hall–Kier alpha value is -4.23. The quantitative estimate of drug-likeness (QED) is 0.217. The molecule has 37 heavy (non-hydrogen) atoms. The zero-order valence-corrected chi connectivity index (χ0v) is 20.8. The van der Waals surface area contributed by atoms with Gasteiger partial charge in [0.2, 0.25) is 5.89 Å². The standard InChI is InChI=1S/C30H29NO6/c1-3-35-27(30(33)34)18-22-14-15-26(24(17-22)16-21-10-6-4-7-11-21)37-28(32)19-25-20(2)36-29(31-25)23-12-8-5-9-13-23/h4-15,17,27H,3,16,18-19H2,1-2H3,(H,33,34). The molecule has 1 aromatic heterocycles. The van der Waals surface area contributed by atoms with Gasteiger partial charge in [0.05, 0.1) is 12.1 Å². The number of carboxylic acids is 1. The highest BCUT2D eigenvalue weighted by atomic mass is 16.5. The van der Waals surface area contributed by atoms with Crippen LogP contribution in [0, 0.1) is 6.92 Å². The molecule has 1 atom stereocenters. The van der Waals surface area contributed by atoms with E-state index in [1.807, 2.05) is 66.7 Å². The van der Waals surface area contributed by atoms with Crippen LogP contribution in [-0.2, 0) is 33.6 Å². The summed E-state index contributed by atoms with van der Waals surface area (Å²) in [6.07, 6.45) is -0.262. The summed E-state index contributed by atoms with van der Waals surface area (Å²) in [5.74, 6) is -0.0375. The van der Waals surface area contributed by atoms with E-state index in [4.69, 9.17) is 13.9 Å². The molecule has 0 aliphatic carbocycles. The number of aryl methyl sites for hydroxylation is 1. The van der Waals surface area contributed by atoms with Crippen molar-refractivity contribution in [1.82, 2.24) is 4.98 Å². The largest absolute Gasteiger partial charge is 0.479 e. The van der Waals surface area contributed by atoms with Crippen LogP contribution in [0.15, 0.2) is 83.3 Å². The van der Waals surface area contributed by atoms with E-state index in [0.29, 0.717) is 36.1 Å². The zero-order valence-electron chi connectivity index (χ0n) is 20.8. The first-order valence-corrected chi connectivity index (χ1v) is 12.2.